The molecule has 1 saturated heterocycles. The van der Waals surface area contributed by atoms with E-state index in [1.807, 2.05) is 9.58 Å². The molecule has 2 aliphatic rings. The second kappa shape index (κ2) is 7.47. The summed E-state index contributed by atoms with van der Waals surface area (Å²) in [6, 6.07) is 8.66. The Balaban J connectivity index is 1.68. The SMILES string of the molecule is CCc1ccc(-n2nc(C(=O)N3CCC(C)CC3CN)c3c2CCC3)cc1. The zero-order valence-corrected chi connectivity index (χ0v) is 16.4. The van der Waals surface area contributed by atoms with E-state index in [9.17, 15) is 4.79 Å². The summed E-state index contributed by atoms with van der Waals surface area (Å²) in [7, 11) is 0. The van der Waals surface area contributed by atoms with Gasteiger partial charge in [-0.05, 0) is 62.1 Å². The number of piperidine rings is 1. The lowest BCUT2D eigenvalue weighted by Gasteiger charge is -2.37. The van der Waals surface area contributed by atoms with E-state index in [0.29, 0.717) is 18.2 Å². The van der Waals surface area contributed by atoms with Gasteiger partial charge in [0.1, 0.15) is 0 Å². The Bertz CT molecular complexity index is 824. The molecule has 0 bridgehead atoms. The maximum atomic E-state index is 13.4. The Morgan fingerprint density at radius 2 is 2.04 bits per heavy atom. The fourth-order valence-corrected chi connectivity index (χ4v) is 4.57. The summed E-state index contributed by atoms with van der Waals surface area (Å²) in [4.78, 5) is 15.4. The Kier molecular flexibility index (Phi) is 5.04. The first-order chi connectivity index (χ1) is 13.1. The lowest BCUT2D eigenvalue weighted by molar-refractivity contribution is 0.0566. The minimum absolute atomic E-state index is 0.0689. The van der Waals surface area contributed by atoms with Crippen LogP contribution >= 0.6 is 0 Å². The number of fused-ring (bicyclic) bond motifs is 1. The predicted octanol–water partition coefficient (Wildman–Crippen LogP) is 3.12. The Labute approximate surface area is 161 Å². The summed E-state index contributed by atoms with van der Waals surface area (Å²) in [5.41, 5.74) is 11.4. The van der Waals surface area contributed by atoms with Crippen molar-refractivity contribution in [1.82, 2.24) is 14.7 Å². The van der Waals surface area contributed by atoms with Crippen LogP contribution in [0.1, 0.15) is 60.4 Å². The molecule has 1 aliphatic carbocycles. The molecule has 0 spiro atoms. The monoisotopic (exact) mass is 366 g/mol. The number of amides is 1. The Morgan fingerprint density at radius 1 is 1.26 bits per heavy atom. The van der Waals surface area contributed by atoms with Gasteiger partial charge >= 0.3 is 0 Å². The Morgan fingerprint density at radius 3 is 2.74 bits per heavy atom. The molecule has 2 N–H and O–H groups in total. The van der Waals surface area contributed by atoms with Gasteiger partial charge in [0.05, 0.1) is 5.69 Å². The van der Waals surface area contributed by atoms with Gasteiger partial charge in [-0.1, -0.05) is 26.0 Å². The summed E-state index contributed by atoms with van der Waals surface area (Å²) >= 11 is 0. The van der Waals surface area contributed by atoms with Gasteiger partial charge in [-0.2, -0.15) is 5.10 Å². The zero-order valence-electron chi connectivity index (χ0n) is 16.4. The first-order valence-electron chi connectivity index (χ1n) is 10.3. The van der Waals surface area contributed by atoms with Crippen molar-refractivity contribution in [3.05, 3.63) is 46.8 Å². The van der Waals surface area contributed by atoms with Crippen LogP contribution in [0.2, 0.25) is 0 Å². The van der Waals surface area contributed by atoms with Crippen LogP contribution in [0.3, 0.4) is 0 Å². The minimum Gasteiger partial charge on any atom is -0.333 e. The molecule has 2 unspecified atom stereocenters. The highest BCUT2D eigenvalue weighted by molar-refractivity contribution is 5.94. The zero-order chi connectivity index (χ0) is 19.0. The predicted molar refractivity (Wildman–Crippen MR) is 107 cm³/mol. The van der Waals surface area contributed by atoms with Gasteiger partial charge in [0.25, 0.3) is 5.91 Å². The van der Waals surface area contributed by atoms with Crippen LogP contribution in [0.25, 0.3) is 5.69 Å². The molecule has 2 heterocycles. The van der Waals surface area contributed by atoms with Gasteiger partial charge in [0.2, 0.25) is 0 Å². The van der Waals surface area contributed by atoms with Gasteiger partial charge in [-0.25, -0.2) is 4.68 Å². The van der Waals surface area contributed by atoms with E-state index in [1.54, 1.807) is 0 Å². The van der Waals surface area contributed by atoms with Crippen LogP contribution in [0.15, 0.2) is 24.3 Å². The van der Waals surface area contributed by atoms with Gasteiger partial charge in [0, 0.05) is 30.4 Å². The van der Waals surface area contributed by atoms with Crippen LogP contribution in [0.5, 0.6) is 0 Å². The second-order valence-corrected chi connectivity index (χ2v) is 8.08. The third-order valence-electron chi connectivity index (χ3n) is 6.23. The van der Waals surface area contributed by atoms with Crippen LogP contribution in [-0.2, 0) is 19.3 Å². The highest BCUT2D eigenvalue weighted by Crippen LogP contribution is 2.30. The molecular formula is C22H30N4O. The third kappa shape index (κ3) is 3.29. The van der Waals surface area contributed by atoms with Crippen molar-refractivity contribution < 1.29 is 4.79 Å². The van der Waals surface area contributed by atoms with E-state index in [2.05, 4.69) is 38.1 Å². The van der Waals surface area contributed by atoms with Gasteiger partial charge in [-0.15, -0.1) is 0 Å². The minimum atomic E-state index is 0.0689. The van der Waals surface area contributed by atoms with E-state index < -0.39 is 0 Å². The van der Waals surface area contributed by atoms with Crippen molar-refractivity contribution >= 4 is 5.91 Å². The largest absolute Gasteiger partial charge is 0.333 e. The number of carbonyl (C=O) groups excluding carboxylic acids is 1. The summed E-state index contributed by atoms with van der Waals surface area (Å²) in [6.45, 7) is 5.72. The van der Waals surface area contributed by atoms with Crippen molar-refractivity contribution in [1.29, 1.82) is 0 Å². The molecule has 1 amide bonds. The van der Waals surface area contributed by atoms with E-state index in [1.165, 1.54) is 11.3 Å². The van der Waals surface area contributed by atoms with Gasteiger partial charge in [0.15, 0.2) is 5.69 Å². The summed E-state index contributed by atoms with van der Waals surface area (Å²) in [6.07, 6.45) is 6.09. The number of nitrogens with zero attached hydrogens (tertiary/aromatic N) is 3. The number of likely N-dealkylation sites (tertiary alicyclic amines) is 1. The number of aryl methyl sites for hydroxylation is 1. The lowest BCUT2D eigenvalue weighted by Crippen LogP contribution is -2.49. The molecule has 0 radical (unpaired) electrons. The van der Waals surface area contributed by atoms with Gasteiger partial charge in [-0.3, -0.25) is 4.79 Å². The maximum Gasteiger partial charge on any atom is 0.274 e. The first kappa shape index (κ1) is 18.2. The number of hydrogen-bond donors (Lipinski definition) is 1. The molecule has 2 aromatic rings. The van der Waals surface area contributed by atoms with Gasteiger partial charge < -0.3 is 10.6 Å². The normalized spacial score (nSPS) is 22.1. The fraction of sp³-hybridized carbons (Fsp3) is 0.545. The molecule has 5 nitrogen and oxygen atoms in total. The molecule has 1 aliphatic heterocycles. The number of hydrogen-bond acceptors (Lipinski definition) is 3. The van der Waals surface area contributed by atoms with E-state index in [0.717, 1.165) is 56.3 Å². The molecule has 0 saturated carbocycles. The summed E-state index contributed by atoms with van der Waals surface area (Å²) < 4.78 is 2.00. The highest BCUT2D eigenvalue weighted by Gasteiger charge is 2.34. The van der Waals surface area contributed by atoms with E-state index in [4.69, 9.17) is 10.8 Å². The second-order valence-electron chi connectivity index (χ2n) is 8.08. The number of rotatable bonds is 4. The first-order valence-corrected chi connectivity index (χ1v) is 10.3. The van der Waals surface area contributed by atoms with Crippen LogP contribution < -0.4 is 5.73 Å². The standard InChI is InChI=1S/C22H30N4O/c1-3-16-7-9-17(10-8-16)26-20-6-4-5-19(20)21(24-26)22(27)25-12-11-15(2)13-18(25)14-23/h7-10,15,18H,3-6,11-14,23H2,1-2H3. The molecule has 1 aromatic carbocycles. The maximum absolute atomic E-state index is 13.4. The molecule has 1 aromatic heterocycles. The number of aromatic nitrogens is 2. The molecule has 5 heteroatoms. The number of nitrogens with two attached hydrogens (primary N) is 1. The third-order valence-corrected chi connectivity index (χ3v) is 6.23. The number of carbonyl (C=O) groups is 1. The molecular weight excluding hydrogens is 336 g/mol. The van der Waals surface area contributed by atoms with E-state index >= 15 is 0 Å². The summed E-state index contributed by atoms with van der Waals surface area (Å²) in [5, 5.41) is 4.81. The summed E-state index contributed by atoms with van der Waals surface area (Å²) in [5.74, 6) is 0.697. The highest BCUT2D eigenvalue weighted by atomic mass is 16.2. The van der Waals surface area contributed by atoms with Crippen LogP contribution in [0, 0.1) is 5.92 Å². The van der Waals surface area contributed by atoms with Crippen molar-refractivity contribution in [2.24, 2.45) is 11.7 Å². The smallest absolute Gasteiger partial charge is 0.274 e. The van der Waals surface area contributed by atoms with E-state index in [-0.39, 0.29) is 11.9 Å². The molecule has 4 rings (SSSR count). The lowest BCUT2D eigenvalue weighted by atomic mass is 9.92. The average molecular weight is 367 g/mol. The number of benzene rings is 1. The Hall–Kier alpha value is -2.14. The van der Waals surface area contributed by atoms with Crippen molar-refractivity contribution in [3.8, 4) is 5.69 Å². The van der Waals surface area contributed by atoms with Crippen molar-refractivity contribution in [3.63, 3.8) is 0 Å². The van der Waals surface area contributed by atoms with Crippen molar-refractivity contribution in [2.45, 2.75) is 58.4 Å². The average Bonchev–Trinajstić information content (AvgIpc) is 3.30. The van der Waals surface area contributed by atoms with Crippen LogP contribution in [-0.4, -0.2) is 39.7 Å². The molecule has 144 valence electrons. The molecule has 1 fully saturated rings. The fourth-order valence-electron chi connectivity index (χ4n) is 4.57. The quantitative estimate of drug-likeness (QED) is 0.904. The topological polar surface area (TPSA) is 64.2 Å². The molecule has 2 atom stereocenters. The molecule has 27 heavy (non-hydrogen) atoms. The van der Waals surface area contributed by atoms with Crippen molar-refractivity contribution in [2.75, 3.05) is 13.1 Å². The van der Waals surface area contributed by atoms with Crippen LogP contribution in [0.4, 0.5) is 0 Å².